The van der Waals surface area contributed by atoms with Gasteiger partial charge in [-0.2, -0.15) is 0 Å². The summed E-state index contributed by atoms with van der Waals surface area (Å²) in [5.41, 5.74) is -0.645. The molecule has 0 aromatic rings. The van der Waals surface area contributed by atoms with Crippen molar-refractivity contribution in [2.75, 3.05) is 19.6 Å². The standard InChI is InChI=1S/C24H42N2O4/c1-23(2,3)30-22(28)25-18-24(13-7-4-8-14-24)17-21(27)26-15-11-20(12-16-26)29-19-9-5-6-10-19/h19-20H,4-18H2,1-3H3,(H,25,28). The largest absolute Gasteiger partial charge is 0.444 e. The quantitative estimate of drug-likeness (QED) is 0.667. The lowest BCUT2D eigenvalue weighted by molar-refractivity contribution is -0.137. The highest BCUT2D eigenvalue weighted by Gasteiger charge is 2.37. The van der Waals surface area contributed by atoms with Gasteiger partial charge in [0.2, 0.25) is 5.91 Å². The van der Waals surface area contributed by atoms with E-state index in [1.165, 1.54) is 32.1 Å². The van der Waals surface area contributed by atoms with E-state index < -0.39 is 5.60 Å². The average Bonchev–Trinajstić information content (AvgIpc) is 3.19. The molecule has 1 saturated heterocycles. The molecule has 6 heteroatoms. The van der Waals surface area contributed by atoms with Crippen LogP contribution in [-0.2, 0) is 14.3 Å². The van der Waals surface area contributed by atoms with Crippen molar-refractivity contribution in [2.24, 2.45) is 5.41 Å². The van der Waals surface area contributed by atoms with Gasteiger partial charge in [-0.15, -0.1) is 0 Å². The molecule has 1 N–H and O–H groups in total. The molecule has 2 saturated carbocycles. The minimum absolute atomic E-state index is 0.135. The van der Waals surface area contributed by atoms with E-state index in [2.05, 4.69) is 5.32 Å². The molecule has 0 spiro atoms. The van der Waals surface area contributed by atoms with E-state index in [9.17, 15) is 9.59 Å². The Morgan fingerprint density at radius 1 is 0.933 bits per heavy atom. The molecule has 0 radical (unpaired) electrons. The maximum absolute atomic E-state index is 13.1. The van der Waals surface area contributed by atoms with E-state index in [-0.39, 0.29) is 17.4 Å². The number of piperidine rings is 1. The summed E-state index contributed by atoms with van der Waals surface area (Å²) < 4.78 is 11.7. The van der Waals surface area contributed by atoms with Crippen LogP contribution in [-0.4, -0.2) is 54.3 Å². The van der Waals surface area contributed by atoms with Gasteiger partial charge in [0.15, 0.2) is 0 Å². The molecule has 6 nitrogen and oxygen atoms in total. The predicted molar refractivity (Wildman–Crippen MR) is 117 cm³/mol. The van der Waals surface area contributed by atoms with Gasteiger partial charge in [0.25, 0.3) is 0 Å². The summed E-state index contributed by atoms with van der Waals surface area (Å²) in [6, 6.07) is 0. The minimum atomic E-state index is -0.509. The number of amides is 2. The van der Waals surface area contributed by atoms with Crippen LogP contribution in [0.15, 0.2) is 0 Å². The van der Waals surface area contributed by atoms with Crippen LogP contribution in [0, 0.1) is 5.41 Å². The Morgan fingerprint density at radius 3 is 2.13 bits per heavy atom. The first-order valence-corrected chi connectivity index (χ1v) is 12.1. The number of ether oxygens (including phenoxy) is 2. The summed E-state index contributed by atoms with van der Waals surface area (Å²) in [5, 5.41) is 2.95. The molecule has 1 aliphatic heterocycles. The molecule has 30 heavy (non-hydrogen) atoms. The fraction of sp³-hybridized carbons (Fsp3) is 0.917. The Hall–Kier alpha value is -1.30. The third kappa shape index (κ3) is 7.14. The molecule has 3 rings (SSSR count). The molecule has 1 heterocycles. The zero-order valence-corrected chi connectivity index (χ0v) is 19.3. The van der Waals surface area contributed by atoms with Gasteiger partial charge in [-0.1, -0.05) is 32.1 Å². The van der Waals surface area contributed by atoms with Crippen molar-refractivity contribution in [2.45, 2.75) is 116 Å². The number of nitrogens with zero attached hydrogens (tertiary/aromatic N) is 1. The van der Waals surface area contributed by atoms with E-state index in [1.807, 2.05) is 25.7 Å². The Labute approximate surface area is 182 Å². The van der Waals surface area contributed by atoms with Crippen LogP contribution in [0.5, 0.6) is 0 Å². The lowest BCUT2D eigenvalue weighted by Gasteiger charge is -2.40. The number of likely N-dealkylation sites (tertiary alicyclic amines) is 1. The Kier molecular flexibility index (Phi) is 8.05. The number of carbonyl (C=O) groups excluding carboxylic acids is 2. The van der Waals surface area contributed by atoms with Gasteiger partial charge in [-0.3, -0.25) is 4.79 Å². The van der Waals surface area contributed by atoms with Crippen LogP contribution in [0.1, 0.15) is 97.8 Å². The Balaban J connectivity index is 1.48. The molecule has 3 fully saturated rings. The Bertz CT molecular complexity index is 566. The maximum Gasteiger partial charge on any atom is 0.407 e. The van der Waals surface area contributed by atoms with Crippen LogP contribution in [0.4, 0.5) is 4.79 Å². The number of hydrogen-bond donors (Lipinski definition) is 1. The normalized spacial score (nSPS) is 23.4. The fourth-order valence-electron chi connectivity index (χ4n) is 5.26. The first-order chi connectivity index (χ1) is 14.2. The summed E-state index contributed by atoms with van der Waals surface area (Å²) in [5.74, 6) is 0.238. The van der Waals surface area contributed by atoms with Gasteiger partial charge < -0.3 is 19.7 Å². The SMILES string of the molecule is CC(C)(C)OC(=O)NCC1(CC(=O)N2CCC(OC3CCCC3)CC2)CCCCC1. The lowest BCUT2D eigenvalue weighted by Crippen LogP contribution is -2.47. The molecular weight excluding hydrogens is 380 g/mol. The van der Waals surface area contributed by atoms with E-state index in [4.69, 9.17) is 9.47 Å². The van der Waals surface area contributed by atoms with Gasteiger partial charge in [-0.25, -0.2) is 4.79 Å². The summed E-state index contributed by atoms with van der Waals surface area (Å²) >= 11 is 0. The third-order valence-electron chi connectivity index (χ3n) is 6.93. The molecule has 2 aliphatic carbocycles. The first-order valence-electron chi connectivity index (χ1n) is 12.1. The van der Waals surface area contributed by atoms with E-state index in [1.54, 1.807) is 0 Å². The number of hydrogen-bond acceptors (Lipinski definition) is 4. The summed E-state index contributed by atoms with van der Waals surface area (Å²) in [4.78, 5) is 27.3. The molecular formula is C24H42N2O4. The molecule has 0 aromatic carbocycles. The number of nitrogens with one attached hydrogen (secondary N) is 1. The molecule has 0 unspecified atom stereocenters. The third-order valence-corrected chi connectivity index (χ3v) is 6.93. The molecule has 172 valence electrons. The molecule has 0 atom stereocenters. The van der Waals surface area contributed by atoms with Crippen LogP contribution >= 0.6 is 0 Å². The highest BCUT2D eigenvalue weighted by atomic mass is 16.6. The van der Waals surface area contributed by atoms with Crippen LogP contribution in [0.25, 0.3) is 0 Å². The van der Waals surface area contributed by atoms with Crippen molar-refractivity contribution in [1.29, 1.82) is 0 Å². The van der Waals surface area contributed by atoms with Crippen molar-refractivity contribution in [1.82, 2.24) is 10.2 Å². The van der Waals surface area contributed by atoms with Gasteiger partial charge >= 0.3 is 6.09 Å². The molecule has 2 amide bonds. The highest BCUT2D eigenvalue weighted by molar-refractivity contribution is 5.77. The highest BCUT2D eigenvalue weighted by Crippen LogP contribution is 2.39. The minimum Gasteiger partial charge on any atom is -0.444 e. The van der Waals surface area contributed by atoms with Crippen LogP contribution in [0.3, 0.4) is 0 Å². The van der Waals surface area contributed by atoms with Crippen molar-refractivity contribution in [3.8, 4) is 0 Å². The number of carbonyl (C=O) groups is 2. The van der Waals surface area contributed by atoms with Gasteiger partial charge in [-0.05, 0) is 64.7 Å². The summed E-state index contributed by atoms with van der Waals surface area (Å²) in [6.07, 6.45) is 13.2. The first kappa shape index (κ1) is 23.4. The molecule has 0 aromatic heterocycles. The lowest BCUT2D eigenvalue weighted by atomic mass is 9.71. The van der Waals surface area contributed by atoms with Crippen molar-refractivity contribution in [3.63, 3.8) is 0 Å². The zero-order chi connectivity index (χ0) is 21.6. The number of rotatable bonds is 6. The second-order valence-electron chi connectivity index (χ2n) is 10.7. The monoisotopic (exact) mass is 422 g/mol. The molecule has 3 aliphatic rings. The van der Waals surface area contributed by atoms with E-state index >= 15 is 0 Å². The van der Waals surface area contributed by atoms with Crippen LogP contribution < -0.4 is 5.32 Å². The summed E-state index contributed by atoms with van der Waals surface area (Å²) in [7, 11) is 0. The van der Waals surface area contributed by atoms with E-state index in [0.717, 1.165) is 51.6 Å². The topological polar surface area (TPSA) is 67.9 Å². The second kappa shape index (κ2) is 10.3. The van der Waals surface area contributed by atoms with Gasteiger partial charge in [0, 0.05) is 26.1 Å². The predicted octanol–water partition coefficient (Wildman–Crippen LogP) is 4.80. The summed E-state index contributed by atoms with van der Waals surface area (Å²) in [6.45, 7) is 7.72. The van der Waals surface area contributed by atoms with Crippen molar-refractivity contribution >= 4 is 12.0 Å². The van der Waals surface area contributed by atoms with Gasteiger partial charge in [0.1, 0.15) is 5.60 Å². The van der Waals surface area contributed by atoms with Crippen molar-refractivity contribution < 1.29 is 19.1 Å². The van der Waals surface area contributed by atoms with Gasteiger partial charge in [0.05, 0.1) is 12.2 Å². The zero-order valence-electron chi connectivity index (χ0n) is 19.3. The molecule has 0 bridgehead atoms. The van der Waals surface area contributed by atoms with Crippen molar-refractivity contribution in [3.05, 3.63) is 0 Å². The maximum atomic E-state index is 13.1. The second-order valence-corrected chi connectivity index (χ2v) is 10.7. The Morgan fingerprint density at radius 2 is 1.53 bits per heavy atom. The smallest absolute Gasteiger partial charge is 0.407 e. The number of alkyl carbamates (subject to hydrolysis) is 1. The average molecular weight is 423 g/mol. The van der Waals surface area contributed by atoms with Crippen LogP contribution in [0.2, 0.25) is 0 Å². The van der Waals surface area contributed by atoms with E-state index in [0.29, 0.717) is 25.2 Å². The fourth-order valence-corrected chi connectivity index (χ4v) is 5.26.